The quantitative estimate of drug-likeness (QED) is 0.411. The van der Waals surface area contributed by atoms with Crippen LogP contribution in [0.3, 0.4) is 0 Å². The SMILES string of the molecule is COCCn1c(C)cc(C(=O)COC(=O)c2nn(-c3ccccc3)c3c2CCC3)c1C. The van der Waals surface area contributed by atoms with Crippen LogP contribution in [-0.2, 0) is 28.9 Å². The second-order valence-electron chi connectivity index (χ2n) is 7.80. The zero-order valence-electron chi connectivity index (χ0n) is 18.2. The third-order valence-electron chi connectivity index (χ3n) is 5.85. The molecule has 1 aliphatic rings. The van der Waals surface area contributed by atoms with Gasteiger partial charge >= 0.3 is 5.97 Å². The van der Waals surface area contributed by atoms with Gasteiger partial charge in [-0.15, -0.1) is 0 Å². The van der Waals surface area contributed by atoms with Gasteiger partial charge < -0.3 is 14.0 Å². The fraction of sp³-hybridized carbons (Fsp3) is 0.375. The summed E-state index contributed by atoms with van der Waals surface area (Å²) in [5, 5.41) is 4.54. The molecule has 2 aromatic heterocycles. The van der Waals surface area contributed by atoms with Crippen LogP contribution in [0.1, 0.15) is 49.9 Å². The summed E-state index contributed by atoms with van der Waals surface area (Å²) in [6.45, 7) is 4.77. The van der Waals surface area contributed by atoms with Crippen molar-refractivity contribution in [3.05, 3.63) is 70.3 Å². The number of fused-ring (bicyclic) bond motifs is 1. The number of hydrogen-bond donors (Lipinski definition) is 0. The molecule has 7 heteroatoms. The topological polar surface area (TPSA) is 75.3 Å². The average molecular weight is 421 g/mol. The number of benzene rings is 1. The van der Waals surface area contributed by atoms with Gasteiger partial charge in [0.1, 0.15) is 0 Å². The highest BCUT2D eigenvalue weighted by Gasteiger charge is 2.28. The van der Waals surface area contributed by atoms with Crippen LogP contribution in [0.15, 0.2) is 36.4 Å². The molecule has 162 valence electrons. The largest absolute Gasteiger partial charge is 0.453 e. The lowest BCUT2D eigenvalue weighted by Gasteiger charge is -2.09. The Kier molecular flexibility index (Phi) is 6.04. The van der Waals surface area contributed by atoms with Gasteiger partial charge in [-0.05, 0) is 51.3 Å². The molecule has 0 atom stereocenters. The first-order valence-corrected chi connectivity index (χ1v) is 10.5. The van der Waals surface area contributed by atoms with Crippen molar-refractivity contribution in [2.24, 2.45) is 0 Å². The van der Waals surface area contributed by atoms with E-state index in [2.05, 4.69) is 5.10 Å². The molecule has 7 nitrogen and oxygen atoms in total. The Morgan fingerprint density at radius 3 is 2.65 bits per heavy atom. The minimum absolute atomic E-state index is 0.218. The van der Waals surface area contributed by atoms with Gasteiger partial charge in [0.25, 0.3) is 0 Å². The molecule has 0 aliphatic heterocycles. The van der Waals surface area contributed by atoms with Gasteiger partial charge in [-0.1, -0.05) is 18.2 Å². The van der Waals surface area contributed by atoms with Crippen LogP contribution in [-0.4, -0.2) is 46.4 Å². The third kappa shape index (κ3) is 4.05. The fourth-order valence-electron chi connectivity index (χ4n) is 4.27. The highest BCUT2D eigenvalue weighted by molar-refractivity contribution is 6.00. The lowest BCUT2D eigenvalue weighted by Crippen LogP contribution is -2.17. The number of rotatable bonds is 8. The van der Waals surface area contributed by atoms with E-state index in [-0.39, 0.29) is 12.4 Å². The van der Waals surface area contributed by atoms with E-state index in [1.807, 2.05) is 59.5 Å². The minimum Gasteiger partial charge on any atom is -0.453 e. The third-order valence-corrected chi connectivity index (χ3v) is 5.85. The molecular weight excluding hydrogens is 394 g/mol. The Morgan fingerprint density at radius 1 is 1.13 bits per heavy atom. The molecule has 0 unspecified atom stereocenters. The van der Waals surface area contributed by atoms with E-state index in [1.54, 1.807) is 7.11 Å². The van der Waals surface area contributed by atoms with Crippen LogP contribution in [0.2, 0.25) is 0 Å². The number of para-hydroxylation sites is 1. The molecule has 0 bridgehead atoms. The number of hydrogen-bond acceptors (Lipinski definition) is 5. The number of ether oxygens (including phenoxy) is 2. The first kappa shape index (κ1) is 21.1. The number of Topliss-reactive ketones (excluding diaryl/α,β-unsaturated/α-hetero) is 1. The number of aromatic nitrogens is 3. The summed E-state index contributed by atoms with van der Waals surface area (Å²) in [7, 11) is 1.65. The van der Waals surface area contributed by atoms with Crippen LogP contribution < -0.4 is 0 Å². The highest BCUT2D eigenvalue weighted by atomic mass is 16.5. The summed E-state index contributed by atoms with van der Waals surface area (Å²) in [4.78, 5) is 25.6. The molecule has 0 N–H and O–H groups in total. The maximum atomic E-state index is 12.8. The summed E-state index contributed by atoms with van der Waals surface area (Å²) in [6.07, 6.45) is 2.64. The van der Waals surface area contributed by atoms with E-state index < -0.39 is 5.97 Å². The number of methoxy groups -OCH3 is 1. The summed E-state index contributed by atoms with van der Waals surface area (Å²) < 4.78 is 14.4. The van der Waals surface area contributed by atoms with Crippen LogP contribution >= 0.6 is 0 Å². The van der Waals surface area contributed by atoms with Gasteiger partial charge in [0.2, 0.25) is 5.78 Å². The molecule has 0 amide bonds. The number of nitrogens with zero attached hydrogens (tertiary/aromatic N) is 3. The zero-order valence-corrected chi connectivity index (χ0v) is 18.2. The zero-order chi connectivity index (χ0) is 22.0. The number of aryl methyl sites for hydroxylation is 1. The van der Waals surface area contributed by atoms with E-state index in [0.29, 0.717) is 24.4 Å². The highest BCUT2D eigenvalue weighted by Crippen LogP contribution is 2.28. The number of ketones is 1. The molecular formula is C24H27N3O4. The summed E-state index contributed by atoms with van der Waals surface area (Å²) in [5.41, 5.74) is 5.61. The lowest BCUT2D eigenvalue weighted by atomic mass is 10.1. The number of carbonyl (C=O) groups is 2. The first-order valence-electron chi connectivity index (χ1n) is 10.5. The molecule has 2 heterocycles. The number of carbonyl (C=O) groups excluding carboxylic acids is 2. The molecule has 31 heavy (non-hydrogen) atoms. The molecule has 4 rings (SSSR count). The van der Waals surface area contributed by atoms with E-state index in [9.17, 15) is 9.59 Å². The number of esters is 1. The monoisotopic (exact) mass is 421 g/mol. The van der Waals surface area contributed by atoms with Gasteiger partial charge in [0, 0.05) is 41.9 Å². The normalized spacial score (nSPS) is 12.7. The van der Waals surface area contributed by atoms with Crippen molar-refractivity contribution in [1.29, 1.82) is 0 Å². The van der Waals surface area contributed by atoms with Gasteiger partial charge in [-0.2, -0.15) is 5.10 Å². The van der Waals surface area contributed by atoms with Gasteiger partial charge in [-0.25, -0.2) is 9.48 Å². The predicted octanol–water partition coefficient (Wildman–Crippen LogP) is 3.47. The van der Waals surface area contributed by atoms with Crippen molar-refractivity contribution >= 4 is 11.8 Å². The maximum Gasteiger partial charge on any atom is 0.359 e. The molecule has 0 saturated carbocycles. The molecule has 0 saturated heterocycles. The minimum atomic E-state index is -0.547. The lowest BCUT2D eigenvalue weighted by molar-refractivity contribution is 0.0467. The van der Waals surface area contributed by atoms with Crippen molar-refractivity contribution in [3.8, 4) is 5.69 Å². The van der Waals surface area contributed by atoms with E-state index >= 15 is 0 Å². The van der Waals surface area contributed by atoms with Crippen molar-refractivity contribution < 1.29 is 19.1 Å². The van der Waals surface area contributed by atoms with E-state index in [1.165, 1.54) is 0 Å². The summed E-state index contributed by atoms with van der Waals surface area (Å²) in [6, 6.07) is 11.6. The fourth-order valence-corrected chi connectivity index (χ4v) is 4.27. The summed E-state index contributed by atoms with van der Waals surface area (Å²) >= 11 is 0. The maximum absolute atomic E-state index is 12.8. The van der Waals surface area contributed by atoms with E-state index in [4.69, 9.17) is 9.47 Å². The second kappa shape index (κ2) is 8.89. The van der Waals surface area contributed by atoms with Crippen molar-refractivity contribution in [3.63, 3.8) is 0 Å². The van der Waals surface area contributed by atoms with Gasteiger partial charge in [0.15, 0.2) is 12.3 Å². The first-order chi connectivity index (χ1) is 15.0. The molecule has 1 aromatic carbocycles. The smallest absolute Gasteiger partial charge is 0.359 e. The standard InChI is InChI=1S/C24H27N3O4/c1-16-14-20(17(2)26(16)12-13-30-3)22(28)15-31-24(29)23-19-10-7-11-21(19)27(25-23)18-8-5-4-6-9-18/h4-6,8-9,14H,7,10-13,15H2,1-3H3. The van der Waals surface area contributed by atoms with Crippen LogP contribution in [0.25, 0.3) is 5.69 Å². The molecule has 1 aliphatic carbocycles. The van der Waals surface area contributed by atoms with Crippen LogP contribution in [0.5, 0.6) is 0 Å². The molecule has 0 spiro atoms. The Labute approximate surface area is 181 Å². The van der Waals surface area contributed by atoms with Crippen molar-refractivity contribution in [2.45, 2.75) is 39.7 Å². The molecule has 0 fully saturated rings. The Balaban J connectivity index is 1.50. The van der Waals surface area contributed by atoms with Crippen LogP contribution in [0.4, 0.5) is 0 Å². The Bertz CT molecular complexity index is 1110. The predicted molar refractivity (Wildman–Crippen MR) is 116 cm³/mol. The summed E-state index contributed by atoms with van der Waals surface area (Å²) in [5.74, 6) is -0.765. The Morgan fingerprint density at radius 2 is 1.90 bits per heavy atom. The van der Waals surface area contributed by atoms with Gasteiger partial charge in [0.05, 0.1) is 12.3 Å². The second-order valence-corrected chi connectivity index (χ2v) is 7.80. The molecule has 0 radical (unpaired) electrons. The van der Waals surface area contributed by atoms with Crippen molar-refractivity contribution in [2.75, 3.05) is 20.3 Å². The van der Waals surface area contributed by atoms with E-state index in [0.717, 1.165) is 47.6 Å². The van der Waals surface area contributed by atoms with Crippen LogP contribution in [0, 0.1) is 13.8 Å². The molecule has 3 aromatic rings. The van der Waals surface area contributed by atoms with Gasteiger partial charge in [-0.3, -0.25) is 4.79 Å². The Hall–Kier alpha value is -3.19. The average Bonchev–Trinajstić information content (AvgIpc) is 3.46. The van der Waals surface area contributed by atoms with Crippen molar-refractivity contribution in [1.82, 2.24) is 14.3 Å².